The van der Waals surface area contributed by atoms with E-state index in [2.05, 4.69) is 19.6 Å². The van der Waals surface area contributed by atoms with Gasteiger partial charge in [0.2, 0.25) is 0 Å². The molecule has 1 aromatic carbocycles. The Kier molecular flexibility index (Phi) is 8.77. The van der Waals surface area contributed by atoms with Crippen LogP contribution < -0.4 is 10.2 Å². The fourth-order valence-electron chi connectivity index (χ4n) is 1.13. The molecular weight excluding hydrogens is 483 g/mol. The summed E-state index contributed by atoms with van der Waals surface area (Å²) < 4.78 is 31.2. The van der Waals surface area contributed by atoms with Crippen molar-refractivity contribution in [3.05, 3.63) is 22.4 Å². The first-order valence-electron chi connectivity index (χ1n) is 4.79. The van der Waals surface area contributed by atoms with Gasteiger partial charge in [-0.1, -0.05) is 15.9 Å². The molecule has 18 heavy (non-hydrogen) atoms. The van der Waals surface area contributed by atoms with E-state index in [-0.39, 0.29) is 17.3 Å². The Hall–Kier alpha value is -0.167. The number of hydrogen-bond donors (Lipinski definition) is 2. The molecule has 0 unspecified atom stereocenters. The zero-order valence-electron chi connectivity index (χ0n) is 9.60. The van der Waals surface area contributed by atoms with Gasteiger partial charge in [-0.15, -0.1) is 0 Å². The summed E-state index contributed by atoms with van der Waals surface area (Å²) in [7, 11) is -1.87. The average Bonchev–Trinajstić information content (AvgIpc) is 2.22. The fraction of sp³-hybridized carbons (Fsp3) is 0.333. The van der Waals surface area contributed by atoms with Crippen molar-refractivity contribution < 1.29 is 43.3 Å². The van der Waals surface area contributed by atoms with E-state index in [1.165, 1.54) is 12.1 Å². The van der Waals surface area contributed by atoms with Gasteiger partial charge in [-0.25, -0.2) is 4.39 Å². The third-order valence-electron chi connectivity index (χ3n) is 1.71. The molecule has 0 fully saturated rings. The van der Waals surface area contributed by atoms with Crippen LogP contribution in [0, 0.1) is 5.82 Å². The minimum absolute atomic E-state index is 0.0105. The van der Waals surface area contributed by atoms with E-state index in [0.717, 1.165) is 0 Å². The van der Waals surface area contributed by atoms with Gasteiger partial charge in [-0.2, -0.15) is 0 Å². The molecule has 0 aliphatic rings. The summed E-state index contributed by atoms with van der Waals surface area (Å²) in [6.45, 7) is 3.52. The number of rotatable bonds is 3. The topological polar surface area (TPSA) is 62.0 Å². The van der Waals surface area contributed by atoms with Gasteiger partial charge in [0.15, 0.2) is 11.6 Å². The van der Waals surface area contributed by atoms with Crippen LogP contribution in [-0.4, -0.2) is 23.3 Å². The van der Waals surface area contributed by atoms with Crippen molar-refractivity contribution in [3.63, 3.8) is 0 Å². The van der Waals surface area contributed by atoms with E-state index >= 15 is 0 Å². The first-order valence-corrected chi connectivity index (χ1v) is 6.89. The number of benzene rings is 1. The van der Waals surface area contributed by atoms with Crippen molar-refractivity contribution in [1.29, 1.82) is 0 Å². The molecule has 0 bridgehead atoms. The van der Waals surface area contributed by atoms with Crippen molar-refractivity contribution in [1.82, 2.24) is 0 Å². The molecule has 4 nitrogen and oxygen atoms in total. The molecular formula is C9H11BBrF2NO3W. The monoisotopic (exact) mass is 493 g/mol. The first kappa shape index (κ1) is 17.8. The summed E-state index contributed by atoms with van der Waals surface area (Å²) in [6.07, 6.45) is -0.177. The SMILES string of the molecule is CC(C)Oc1ccc(Br)c(B(O)O)c1F.F[N]=[W]. The molecule has 9 heteroatoms. The number of ether oxygens (including phenoxy) is 1. The van der Waals surface area contributed by atoms with Crippen LogP contribution in [0.4, 0.5) is 8.87 Å². The molecule has 100 valence electrons. The summed E-state index contributed by atoms with van der Waals surface area (Å²) in [5, 5.41) is 17.9. The molecule has 0 radical (unpaired) electrons. The number of halogens is 3. The Bertz CT molecular complexity index is 410. The Morgan fingerprint density at radius 1 is 1.44 bits per heavy atom. The Morgan fingerprint density at radius 3 is 2.33 bits per heavy atom. The molecule has 0 spiro atoms. The van der Waals surface area contributed by atoms with Gasteiger partial charge in [-0.05, 0) is 26.0 Å². The average molecular weight is 494 g/mol. The predicted molar refractivity (Wildman–Crippen MR) is 63.2 cm³/mol. The second-order valence-corrected chi connectivity index (χ2v) is 4.73. The van der Waals surface area contributed by atoms with Crippen LogP contribution in [0.1, 0.15) is 13.8 Å². The van der Waals surface area contributed by atoms with Crippen molar-refractivity contribution in [3.8, 4) is 5.75 Å². The molecule has 2 N–H and O–H groups in total. The maximum atomic E-state index is 13.7. The first-order chi connectivity index (χ1) is 8.34. The van der Waals surface area contributed by atoms with Gasteiger partial charge in [0, 0.05) is 9.94 Å². The predicted octanol–water partition coefficient (Wildman–Crippen LogP) is 1.66. The van der Waals surface area contributed by atoms with Crippen LogP contribution in [0.5, 0.6) is 5.75 Å². The molecule has 0 heterocycles. The molecule has 0 aromatic heterocycles. The summed E-state index contributed by atoms with van der Waals surface area (Å²) in [6, 6.07) is 2.95. The maximum absolute atomic E-state index is 13.7. The zero-order chi connectivity index (χ0) is 14.3. The van der Waals surface area contributed by atoms with Crippen molar-refractivity contribution in [2.75, 3.05) is 0 Å². The van der Waals surface area contributed by atoms with Gasteiger partial charge in [0.05, 0.1) is 6.10 Å². The molecule has 0 amide bonds. The molecule has 0 aliphatic carbocycles. The van der Waals surface area contributed by atoms with Crippen molar-refractivity contribution in [2.24, 2.45) is 3.72 Å². The molecule has 1 rings (SSSR count). The molecule has 1 aromatic rings. The van der Waals surface area contributed by atoms with Gasteiger partial charge >= 0.3 is 34.9 Å². The molecule has 0 saturated carbocycles. The van der Waals surface area contributed by atoms with E-state index in [1.54, 1.807) is 13.8 Å². The second kappa shape index (κ2) is 8.85. The van der Waals surface area contributed by atoms with Gasteiger partial charge < -0.3 is 14.8 Å². The van der Waals surface area contributed by atoms with Gasteiger partial charge in [-0.3, -0.25) is 0 Å². The Morgan fingerprint density at radius 2 is 1.94 bits per heavy atom. The molecule has 0 atom stereocenters. The van der Waals surface area contributed by atoms with Crippen LogP contribution in [0.25, 0.3) is 0 Å². The number of hydrogen-bond acceptors (Lipinski definition) is 4. The summed E-state index contributed by atoms with van der Waals surface area (Å²) in [5.74, 6) is -0.746. The fourth-order valence-corrected chi connectivity index (χ4v) is 1.64. The van der Waals surface area contributed by atoms with Crippen LogP contribution >= 0.6 is 15.9 Å². The van der Waals surface area contributed by atoms with E-state index in [4.69, 9.17) is 14.8 Å². The third kappa shape index (κ3) is 5.65. The van der Waals surface area contributed by atoms with Crippen LogP contribution in [-0.2, 0) is 19.6 Å². The number of nitrogens with zero attached hydrogens (tertiary/aromatic N) is 1. The normalized spacial score (nSPS) is 9.56. The van der Waals surface area contributed by atoms with Crippen LogP contribution in [0.2, 0.25) is 0 Å². The summed E-state index contributed by atoms with van der Waals surface area (Å²) >= 11 is 3.66. The Labute approximate surface area is 123 Å². The van der Waals surface area contributed by atoms with E-state index < -0.39 is 12.9 Å². The molecule has 0 saturated heterocycles. The van der Waals surface area contributed by atoms with Crippen molar-refractivity contribution >= 4 is 28.5 Å². The van der Waals surface area contributed by atoms with E-state index in [0.29, 0.717) is 24.1 Å². The van der Waals surface area contributed by atoms with Crippen LogP contribution in [0.15, 0.2) is 20.3 Å². The van der Waals surface area contributed by atoms with Crippen LogP contribution in [0.3, 0.4) is 0 Å². The van der Waals surface area contributed by atoms with Gasteiger partial charge in [0.1, 0.15) is 0 Å². The standard InChI is InChI=1S/C9H11BBrFO3.FN.W/c1-5(2)15-7-4-3-6(11)8(9(7)12)10(13)14;1-2;/h3-5,13-14H,1-2H3;;. The van der Waals surface area contributed by atoms with E-state index in [1.807, 2.05) is 0 Å². The summed E-state index contributed by atoms with van der Waals surface area (Å²) in [5.41, 5.74) is -0.215. The quantitative estimate of drug-likeness (QED) is 0.630. The minimum atomic E-state index is -1.87. The zero-order valence-corrected chi connectivity index (χ0v) is 14.1. The summed E-state index contributed by atoms with van der Waals surface area (Å²) in [4.78, 5) is 0. The van der Waals surface area contributed by atoms with E-state index in [9.17, 15) is 8.87 Å². The third-order valence-corrected chi connectivity index (χ3v) is 2.40. The Balaban J connectivity index is 0.000000873. The van der Waals surface area contributed by atoms with Crippen molar-refractivity contribution in [2.45, 2.75) is 20.0 Å². The molecule has 0 aliphatic heterocycles. The second-order valence-electron chi connectivity index (χ2n) is 3.38. The van der Waals surface area contributed by atoms with Gasteiger partial charge in [0.25, 0.3) is 0 Å².